The van der Waals surface area contributed by atoms with Gasteiger partial charge in [0.25, 0.3) is 0 Å². The smallest absolute Gasteiger partial charge is 0.0702 e. The second kappa shape index (κ2) is 4.22. The average molecular weight is 212 g/mol. The van der Waals surface area contributed by atoms with Crippen molar-refractivity contribution in [1.29, 1.82) is 0 Å². The van der Waals surface area contributed by atoms with Crippen LogP contribution in [0.4, 0.5) is 0 Å². The van der Waals surface area contributed by atoms with Gasteiger partial charge in [0.05, 0.1) is 5.52 Å². The Kier molecular flexibility index (Phi) is 2.58. The van der Waals surface area contributed by atoms with E-state index < -0.39 is 0 Å². The van der Waals surface area contributed by atoms with E-state index in [4.69, 9.17) is 0 Å². The predicted octanol–water partition coefficient (Wildman–Crippen LogP) is 2.83. The van der Waals surface area contributed by atoms with Crippen molar-refractivity contribution in [2.24, 2.45) is 0 Å². The second-order valence-electron chi connectivity index (χ2n) is 4.51. The summed E-state index contributed by atoms with van der Waals surface area (Å²) in [5.41, 5.74) is 2.50. The minimum Gasteiger partial charge on any atom is -0.299 e. The van der Waals surface area contributed by atoms with Crippen LogP contribution in [0.1, 0.15) is 18.4 Å². The molecule has 0 aliphatic carbocycles. The molecule has 1 aliphatic heterocycles. The molecule has 0 saturated carbocycles. The zero-order chi connectivity index (χ0) is 10.8. The molecule has 0 atom stereocenters. The van der Waals surface area contributed by atoms with Gasteiger partial charge >= 0.3 is 0 Å². The molecule has 1 saturated heterocycles. The molecule has 1 fully saturated rings. The van der Waals surface area contributed by atoms with Gasteiger partial charge < -0.3 is 0 Å². The molecule has 1 aromatic carbocycles. The maximum absolute atomic E-state index is 4.34. The summed E-state index contributed by atoms with van der Waals surface area (Å²) in [5, 5.41) is 1.25. The first-order chi connectivity index (χ1) is 7.92. The minimum absolute atomic E-state index is 1.09. The van der Waals surface area contributed by atoms with Crippen LogP contribution < -0.4 is 0 Å². The Balaban J connectivity index is 1.86. The van der Waals surface area contributed by atoms with Gasteiger partial charge in [0.2, 0.25) is 0 Å². The van der Waals surface area contributed by atoms with E-state index in [-0.39, 0.29) is 0 Å². The van der Waals surface area contributed by atoms with E-state index in [1.165, 1.54) is 36.9 Å². The molecule has 2 aromatic rings. The number of aromatic nitrogens is 1. The van der Waals surface area contributed by atoms with Gasteiger partial charge in [-0.15, -0.1) is 0 Å². The van der Waals surface area contributed by atoms with Gasteiger partial charge in [-0.1, -0.05) is 12.1 Å². The predicted molar refractivity (Wildman–Crippen MR) is 66.3 cm³/mol. The third kappa shape index (κ3) is 1.93. The first-order valence-electron chi connectivity index (χ1n) is 5.98. The lowest BCUT2D eigenvalue weighted by molar-refractivity contribution is 0.331. The van der Waals surface area contributed by atoms with Crippen LogP contribution in [-0.4, -0.2) is 23.0 Å². The Bertz CT molecular complexity index is 487. The molecular formula is C14H16N2. The van der Waals surface area contributed by atoms with E-state index in [2.05, 4.69) is 34.1 Å². The SMILES string of the molecule is c1cnc2ccc(CN3CCCC3)cc2c1. The molecule has 82 valence electrons. The van der Waals surface area contributed by atoms with Crippen molar-refractivity contribution in [2.45, 2.75) is 19.4 Å². The van der Waals surface area contributed by atoms with Crippen molar-refractivity contribution in [3.8, 4) is 0 Å². The number of rotatable bonds is 2. The van der Waals surface area contributed by atoms with Gasteiger partial charge in [-0.2, -0.15) is 0 Å². The number of likely N-dealkylation sites (tertiary alicyclic amines) is 1. The quantitative estimate of drug-likeness (QED) is 0.761. The highest BCUT2D eigenvalue weighted by atomic mass is 15.1. The molecule has 1 aromatic heterocycles. The minimum atomic E-state index is 1.09. The maximum Gasteiger partial charge on any atom is 0.0702 e. The molecule has 2 heterocycles. The standard InChI is InChI=1S/C14H16N2/c1-2-9-16(8-1)11-12-5-6-14-13(10-12)4-3-7-15-14/h3-7,10H,1-2,8-9,11H2. The van der Waals surface area contributed by atoms with Gasteiger partial charge in [0.1, 0.15) is 0 Å². The third-order valence-electron chi connectivity index (χ3n) is 3.27. The summed E-state index contributed by atoms with van der Waals surface area (Å²) in [7, 11) is 0. The van der Waals surface area contributed by atoms with Crippen LogP contribution in [0.5, 0.6) is 0 Å². The number of benzene rings is 1. The lowest BCUT2D eigenvalue weighted by Crippen LogP contribution is -2.18. The molecule has 0 N–H and O–H groups in total. The number of fused-ring (bicyclic) bond motifs is 1. The van der Waals surface area contributed by atoms with Crippen molar-refractivity contribution < 1.29 is 0 Å². The lowest BCUT2D eigenvalue weighted by Gasteiger charge is -2.14. The largest absolute Gasteiger partial charge is 0.299 e. The Hall–Kier alpha value is -1.41. The van der Waals surface area contributed by atoms with Crippen LogP contribution in [0.3, 0.4) is 0 Å². The number of hydrogen-bond donors (Lipinski definition) is 0. The van der Waals surface area contributed by atoms with Gasteiger partial charge in [0, 0.05) is 18.1 Å². The van der Waals surface area contributed by atoms with Crippen molar-refractivity contribution in [1.82, 2.24) is 9.88 Å². The summed E-state index contributed by atoms with van der Waals surface area (Å²) < 4.78 is 0. The van der Waals surface area contributed by atoms with Crippen LogP contribution in [0.25, 0.3) is 10.9 Å². The van der Waals surface area contributed by atoms with E-state index in [0.717, 1.165) is 12.1 Å². The van der Waals surface area contributed by atoms with E-state index in [0.29, 0.717) is 0 Å². The Labute approximate surface area is 95.9 Å². The van der Waals surface area contributed by atoms with E-state index in [9.17, 15) is 0 Å². The van der Waals surface area contributed by atoms with E-state index in [1.54, 1.807) is 0 Å². The molecule has 0 radical (unpaired) electrons. The molecule has 0 amide bonds. The van der Waals surface area contributed by atoms with Gasteiger partial charge in [-0.3, -0.25) is 9.88 Å². The molecule has 16 heavy (non-hydrogen) atoms. The lowest BCUT2D eigenvalue weighted by atomic mass is 10.1. The van der Waals surface area contributed by atoms with Crippen molar-refractivity contribution in [3.63, 3.8) is 0 Å². The molecule has 2 nitrogen and oxygen atoms in total. The van der Waals surface area contributed by atoms with Gasteiger partial charge in [-0.25, -0.2) is 0 Å². The number of nitrogens with zero attached hydrogens (tertiary/aromatic N) is 2. The highest BCUT2D eigenvalue weighted by Gasteiger charge is 2.11. The average Bonchev–Trinajstić information content (AvgIpc) is 2.82. The summed E-state index contributed by atoms with van der Waals surface area (Å²) in [4.78, 5) is 6.87. The van der Waals surface area contributed by atoms with Crippen LogP contribution >= 0.6 is 0 Å². The molecule has 2 heteroatoms. The molecule has 3 rings (SSSR count). The highest BCUT2D eigenvalue weighted by molar-refractivity contribution is 5.78. The molecule has 0 spiro atoms. The summed E-state index contributed by atoms with van der Waals surface area (Å²) in [6.45, 7) is 3.60. The summed E-state index contributed by atoms with van der Waals surface area (Å²) in [5.74, 6) is 0. The fourth-order valence-electron chi connectivity index (χ4n) is 2.42. The summed E-state index contributed by atoms with van der Waals surface area (Å²) >= 11 is 0. The molecular weight excluding hydrogens is 196 g/mol. The van der Waals surface area contributed by atoms with E-state index in [1.807, 2.05) is 12.3 Å². The zero-order valence-corrected chi connectivity index (χ0v) is 9.39. The first-order valence-corrected chi connectivity index (χ1v) is 5.98. The topological polar surface area (TPSA) is 16.1 Å². The van der Waals surface area contributed by atoms with Crippen molar-refractivity contribution in [3.05, 3.63) is 42.1 Å². The summed E-state index contributed by atoms with van der Waals surface area (Å²) in [6.07, 6.45) is 4.56. The third-order valence-corrected chi connectivity index (χ3v) is 3.27. The Morgan fingerprint density at radius 2 is 2.00 bits per heavy atom. The highest BCUT2D eigenvalue weighted by Crippen LogP contribution is 2.17. The summed E-state index contributed by atoms with van der Waals surface area (Å²) in [6, 6.07) is 10.7. The Morgan fingerprint density at radius 1 is 1.12 bits per heavy atom. The van der Waals surface area contributed by atoms with E-state index >= 15 is 0 Å². The Morgan fingerprint density at radius 3 is 2.88 bits per heavy atom. The second-order valence-corrected chi connectivity index (χ2v) is 4.51. The fourth-order valence-corrected chi connectivity index (χ4v) is 2.42. The zero-order valence-electron chi connectivity index (χ0n) is 9.39. The molecule has 0 unspecified atom stereocenters. The monoisotopic (exact) mass is 212 g/mol. The first kappa shape index (κ1) is 9.79. The van der Waals surface area contributed by atoms with Gasteiger partial charge in [0.15, 0.2) is 0 Å². The van der Waals surface area contributed by atoms with Crippen molar-refractivity contribution >= 4 is 10.9 Å². The van der Waals surface area contributed by atoms with Gasteiger partial charge in [-0.05, 0) is 49.7 Å². The fraction of sp³-hybridized carbons (Fsp3) is 0.357. The maximum atomic E-state index is 4.34. The normalized spacial score (nSPS) is 17.0. The molecule has 0 bridgehead atoms. The van der Waals surface area contributed by atoms with Crippen LogP contribution in [0.2, 0.25) is 0 Å². The number of hydrogen-bond acceptors (Lipinski definition) is 2. The van der Waals surface area contributed by atoms with Crippen molar-refractivity contribution in [2.75, 3.05) is 13.1 Å². The number of pyridine rings is 1. The van der Waals surface area contributed by atoms with Crippen LogP contribution in [0.15, 0.2) is 36.5 Å². The van der Waals surface area contributed by atoms with Crippen LogP contribution in [0, 0.1) is 0 Å². The van der Waals surface area contributed by atoms with Crippen LogP contribution in [-0.2, 0) is 6.54 Å². The molecule has 1 aliphatic rings.